The summed E-state index contributed by atoms with van der Waals surface area (Å²) in [4.78, 5) is 10.3. The minimum Gasteiger partial charge on any atom is -0.496 e. The molecule has 0 saturated carbocycles. The molecular weight excluding hydrogens is 218 g/mol. The first-order valence-electron chi connectivity index (χ1n) is 4.62. The number of carboxylic acids is 1. The number of ether oxygens (including phenoxy) is 1. The number of benzene rings is 1. The second kappa shape index (κ2) is 4.47. The van der Waals surface area contributed by atoms with Crippen molar-refractivity contribution in [2.45, 2.75) is 19.3 Å². The Morgan fingerprint density at radius 3 is 2.62 bits per heavy atom. The summed E-state index contributed by atoms with van der Waals surface area (Å²) in [7, 11) is 1.38. The molecule has 0 aromatic heterocycles. The SMILES string of the molecule is COc1cccc(C(F)(F)CC(=O)O)c1C. The van der Waals surface area contributed by atoms with Gasteiger partial charge in [-0.1, -0.05) is 12.1 Å². The molecule has 1 aromatic carbocycles. The normalized spacial score (nSPS) is 11.2. The smallest absolute Gasteiger partial charge is 0.309 e. The predicted octanol–water partition coefficient (Wildman–Crippen LogP) is 2.57. The average Bonchev–Trinajstić information content (AvgIpc) is 2.15. The third-order valence-electron chi connectivity index (χ3n) is 2.27. The Labute approximate surface area is 91.7 Å². The zero-order valence-electron chi connectivity index (χ0n) is 8.96. The van der Waals surface area contributed by atoms with Crippen molar-refractivity contribution < 1.29 is 23.4 Å². The average molecular weight is 230 g/mol. The molecule has 0 heterocycles. The largest absolute Gasteiger partial charge is 0.496 e. The van der Waals surface area contributed by atoms with E-state index in [2.05, 4.69) is 0 Å². The quantitative estimate of drug-likeness (QED) is 0.864. The molecule has 0 radical (unpaired) electrons. The first-order valence-corrected chi connectivity index (χ1v) is 4.62. The molecule has 16 heavy (non-hydrogen) atoms. The summed E-state index contributed by atoms with van der Waals surface area (Å²) in [6, 6.07) is 4.17. The van der Waals surface area contributed by atoms with Gasteiger partial charge in [-0.15, -0.1) is 0 Å². The molecule has 5 heteroatoms. The monoisotopic (exact) mass is 230 g/mol. The van der Waals surface area contributed by atoms with E-state index in [1.54, 1.807) is 6.07 Å². The van der Waals surface area contributed by atoms with Gasteiger partial charge in [-0.3, -0.25) is 4.79 Å². The van der Waals surface area contributed by atoms with Crippen LogP contribution in [-0.2, 0) is 10.7 Å². The van der Waals surface area contributed by atoms with Crippen LogP contribution in [0.2, 0.25) is 0 Å². The molecule has 0 aliphatic rings. The number of carbonyl (C=O) groups is 1. The van der Waals surface area contributed by atoms with E-state index in [-0.39, 0.29) is 11.1 Å². The maximum Gasteiger partial charge on any atom is 0.309 e. The zero-order chi connectivity index (χ0) is 12.3. The molecule has 0 aliphatic heterocycles. The van der Waals surface area contributed by atoms with Crippen LogP contribution in [0, 0.1) is 6.92 Å². The highest BCUT2D eigenvalue weighted by molar-refractivity contribution is 5.68. The van der Waals surface area contributed by atoms with E-state index >= 15 is 0 Å². The minimum absolute atomic E-state index is 0.260. The third-order valence-corrected chi connectivity index (χ3v) is 2.27. The molecule has 0 unspecified atom stereocenters. The van der Waals surface area contributed by atoms with E-state index in [1.807, 2.05) is 0 Å². The summed E-state index contributed by atoms with van der Waals surface area (Å²) in [5, 5.41) is 8.42. The molecule has 88 valence electrons. The van der Waals surface area contributed by atoms with E-state index in [4.69, 9.17) is 9.84 Å². The van der Waals surface area contributed by atoms with Gasteiger partial charge < -0.3 is 9.84 Å². The van der Waals surface area contributed by atoms with Crippen molar-refractivity contribution in [3.05, 3.63) is 29.3 Å². The fourth-order valence-corrected chi connectivity index (χ4v) is 1.52. The third kappa shape index (κ3) is 2.48. The number of rotatable bonds is 4. The molecule has 0 fully saturated rings. The van der Waals surface area contributed by atoms with Gasteiger partial charge in [-0.05, 0) is 13.0 Å². The molecule has 1 N–H and O–H groups in total. The van der Waals surface area contributed by atoms with Gasteiger partial charge in [0, 0.05) is 11.1 Å². The predicted molar refractivity (Wildman–Crippen MR) is 53.9 cm³/mol. The van der Waals surface area contributed by atoms with Crippen molar-refractivity contribution in [2.75, 3.05) is 7.11 Å². The number of carboxylic acid groups (broad SMARTS) is 1. The molecular formula is C11H12F2O3. The zero-order valence-corrected chi connectivity index (χ0v) is 8.96. The van der Waals surface area contributed by atoms with E-state index in [1.165, 1.54) is 26.2 Å². The molecule has 0 saturated heterocycles. The Balaban J connectivity index is 3.17. The lowest BCUT2D eigenvalue weighted by Crippen LogP contribution is -2.19. The lowest BCUT2D eigenvalue weighted by molar-refractivity contribution is -0.145. The molecule has 3 nitrogen and oxygen atoms in total. The van der Waals surface area contributed by atoms with Crippen LogP contribution in [0.4, 0.5) is 8.78 Å². The van der Waals surface area contributed by atoms with Gasteiger partial charge in [0.1, 0.15) is 12.2 Å². The first-order chi connectivity index (χ1) is 7.38. The number of aliphatic carboxylic acids is 1. The van der Waals surface area contributed by atoms with Crippen LogP contribution in [0.5, 0.6) is 5.75 Å². The summed E-state index contributed by atoms with van der Waals surface area (Å²) in [6.45, 7) is 1.48. The Bertz CT molecular complexity index is 402. The Morgan fingerprint density at radius 1 is 1.50 bits per heavy atom. The summed E-state index contributed by atoms with van der Waals surface area (Å²) in [5.74, 6) is -4.60. The van der Waals surface area contributed by atoms with E-state index < -0.39 is 18.3 Å². The Hall–Kier alpha value is -1.65. The number of hydrogen-bond donors (Lipinski definition) is 1. The molecule has 0 bridgehead atoms. The molecule has 0 spiro atoms. The van der Waals surface area contributed by atoms with Crippen molar-refractivity contribution in [2.24, 2.45) is 0 Å². The van der Waals surface area contributed by atoms with Gasteiger partial charge in [0.15, 0.2) is 0 Å². The second-order valence-electron chi connectivity index (χ2n) is 3.41. The van der Waals surface area contributed by atoms with Gasteiger partial charge in [0.25, 0.3) is 5.92 Å². The van der Waals surface area contributed by atoms with Crippen LogP contribution in [0.1, 0.15) is 17.5 Å². The van der Waals surface area contributed by atoms with Crippen molar-refractivity contribution in [1.29, 1.82) is 0 Å². The summed E-state index contributed by atoms with van der Waals surface area (Å²) in [5.41, 5.74) is -0.0505. The maximum absolute atomic E-state index is 13.5. The highest BCUT2D eigenvalue weighted by Crippen LogP contribution is 2.36. The van der Waals surface area contributed by atoms with Crippen molar-refractivity contribution in [3.8, 4) is 5.75 Å². The minimum atomic E-state index is -3.38. The number of methoxy groups -OCH3 is 1. The second-order valence-corrected chi connectivity index (χ2v) is 3.41. The highest BCUT2D eigenvalue weighted by Gasteiger charge is 2.36. The van der Waals surface area contributed by atoms with Gasteiger partial charge in [-0.2, -0.15) is 0 Å². The van der Waals surface area contributed by atoms with Crippen molar-refractivity contribution >= 4 is 5.97 Å². The Morgan fingerprint density at radius 2 is 2.12 bits per heavy atom. The maximum atomic E-state index is 13.5. The summed E-state index contributed by atoms with van der Waals surface area (Å²) in [6.07, 6.45) is -1.22. The fourth-order valence-electron chi connectivity index (χ4n) is 1.52. The number of hydrogen-bond acceptors (Lipinski definition) is 2. The van der Waals surface area contributed by atoms with Gasteiger partial charge in [0.2, 0.25) is 0 Å². The Kier molecular flexibility index (Phi) is 3.47. The summed E-state index contributed by atoms with van der Waals surface area (Å²) >= 11 is 0. The molecule has 0 atom stereocenters. The molecule has 1 aromatic rings. The van der Waals surface area contributed by atoms with E-state index in [0.717, 1.165) is 0 Å². The van der Waals surface area contributed by atoms with Crippen molar-refractivity contribution in [1.82, 2.24) is 0 Å². The van der Waals surface area contributed by atoms with Gasteiger partial charge in [-0.25, -0.2) is 8.78 Å². The number of halogens is 2. The van der Waals surface area contributed by atoms with Crippen LogP contribution in [0.25, 0.3) is 0 Å². The molecule has 0 amide bonds. The van der Waals surface area contributed by atoms with Crippen LogP contribution in [0.3, 0.4) is 0 Å². The van der Waals surface area contributed by atoms with E-state index in [0.29, 0.717) is 5.75 Å². The highest BCUT2D eigenvalue weighted by atomic mass is 19.3. The van der Waals surface area contributed by atoms with Crippen LogP contribution in [-0.4, -0.2) is 18.2 Å². The molecule has 0 aliphatic carbocycles. The lowest BCUT2D eigenvalue weighted by atomic mass is 9.99. The molecule has 1 rings (SSSR count). The fraction of sp³-hybridized carbons (Fsp3) is 0.364. The van der Waals surface area contributed by atoms with Crippen molar-refractivity contribution in [3.63, 3.8) is 0 Å². The number of alkyl halides is 2. The van der Waals surface area contributed by atoms with E-state index in [9.17, 15) is 13.6 Å². The van der Waals surface area contributed by atoms with Gasteiger partial charge in [0.05, 0.1) is 7.11 Å². The van der Waals surface area contributed by atoms with Crippen LogP contribution in [0.15, 0.2) is 18.2 Å². The standard InChI is InChI=1S/C11H12F2O3/c1-7-8(4-3-5-9(7)16-2)11(12,13)6-10(14)15/h3-5H,6H2,1-2H3,(H,14,15). The first kappa shape index (κ1) is 12.4. The van der Waals surface area contributed by atoms with Gasteiger partial charge >= 0.3 is 5.97 Å². The topological polar surface area (TPSA) is 46.5 Å². The summed E-state index contributed by atoms with van der Waals surface area (Å²) < 4.78 is 32.0. The lowest BCUT2D eigenvalue weighted by Gasteiger charge is -2.18. The van der Waals surface area contributed by atoms with Crippen LogP contribution < -0.4 is 4.74 Å². The van der Waals surface area contributed by atoms with Crippen LogP contribution >= 0.6 is 0 Å².